The lowest BCUT2D eigenvalue weighted by Crippen LogP contribution is -2.37. The van der Waals surface area contributed by atoms with Gasteiger partial charge in [0.2, 0.25) is 0 Å². The fraction of sp³-hybridized carbons (Fsp3) is 0.625. The second-order valence-corrected chi connectivity index (χ2v) is 5.88. The van der Waals surface area contributed by atoms with Crippen LogP contribution in [0.2, 0.25) is 0 Å². The summed E-state index contributed by atoms with van der Waals surface area (Å²) in [7, 11) is 1.72. The molecule has 0 heterocycles. The molecule has 0 atom stereocenters. The molecule has 2 rings (SSSR count). The molecule has 0 spiro atoms. The molecule has 0 amide bonds. The lowest BCUT2D eigenvalue weighted by Gasteiger charge is -2.35. The van der Waals surface area contributed by atoms with E-state index in [1.165, 1.54) is 37.7 Å². The van der Waals surface area contributed by atoms with Gasteiger partial charge in [0.25, 0.3) is 0 Å². The largest absolute Gasteiger partial charge is 0.496 e. The number of benzene rings is 1. The Hall–Kier alpha value is -0.730. The molecule has 0 aromatic heterocycles. The van der Waals surface area contributed by atoms with Gasteiger partial charge >= 0.3 is 0 Å². The molecule has 106 valence electrons. The Morgan fingerprint density at radius 3 is 2.63 bits per heavy atom. The quantitative estimate of drug-likeness (QED) is 0.797. The van der Waals surface area contributed by atoms with Gasteiger partial charge in [0.05, 0.1) is 7.11 Å². The van der Waals surface area contributed by atoms with Crippen molar-refractivity contribution in [3.63, 3.8) is 0 Å². The third-order valence-electron chi connectivity index (χ3n) is 4.21. The second kappa shape index (κ2) is 7.16. The number of methoxy groups -OCH3 is 1. The van der Waals surface area contributed by atoms with Gasteiger partial charge in [0, 0.05) is 24.5 Å². The second-order valence-electron chi connectivity index (χ2n) is 5.61. The van der Waals surface area contributed by atoms with Crippen molar-refractivity contribution >= 4 is 11.6 Å². The number of para-hydroxylation sites is 1. The van der Waals surface area contributed by atoms with Gasteiger partial charge in [-0.05, 0) is 24.3 Å². The van der Waals surface area contributed by atoms with E-state index in [9.17, 15) is 0 Å². The molecular weight excluding hydrogens is 258 g/mol. The van der Waals surface area contributed by atoms with Crippen molar-refractivity contribution in [2.75, 3.05) is 19.5 Å². The highest BCUT2D eigenvalue weighted by molar-refractivity contribution is 6.18. The molecule has 0 saturated heterocycles. The van der Waals surface area contributed by atoms with Crippen molar-refractivity contribution in [2.45, 2.75) is 38.6 Å². The molecule has 1 N–H and O–H groups in total. The molecule has 2 nitrogen and oxygen atoms in total. The SMILES string of the molecule is COc1ccccc1CNCC1(CCl)CCCCC1. The van der Waals surface area contributed by atoms with Crippen LogP contribution in [-0.4, -0.2) is 19.5 Å². The topological polar surface area (TPSA) is 21.3 Å². The van der Waals surface area contributed by atoms with E-state index in [1.807, 2.05) is 12.1 Å². The van der Waals surface area contributed by atoms with Crippen LogP contribution < -0.4 is 10.1 Å². The van der Waals surface area contributed by atoms with Crippen molar-refractivity contribution in [3.8, 4) is 5.75 Å². The van der Waals surface area contributed by atoms with Gasteiger partial charge in [-0.25, -0.2) is 0 Å². The van der Waals surface area contributed by atoms with Gasteiger partial charge in [-0.2, -0.15) is 0 Å². The first kappa shape index (κ1) is 14.7. The number of ether oxygens (including phenoxy) is 1. The predicted octanol–water partition coefficient (Wildman–Crippen LogP) is 3.97. The van der Waals surface area contributed by atoms with Crippen molar-refractivity contribution in [3.05, 3.63) is 29.8 Å². The molecule has 0 aliphatic heterocycles. The minimum absolute atomic E-state index is 0.307. The van der Waals surface area contributed by atoms with E-state index in [0.29, 0.717) is 5.41 Å². The smallest absolute Gasteiger partial charge is 0.123 e. The number of alkyl halides is 1. The zero-order valence-electron chi connectivity index (χ0n) is 11.8. The van der Waals surface area contributed by atoms with Crippen LogP contribution in [0.4, 0.5) is 0 Å². The number of hydrogen-bond acceptors (Lipinski definition) is 2. The summed E-state index contributed by atoms with van der Waals surface area (Å²) in [6.45, 7) is 1.86. The highest BCUT2D eigenvalue weighted by Crippen LogP contribution is 2.36. The fourth-order valence-electron chi connectivity index (χ4n) is 2.97. The van der Waals surface area contributed by atoms with Gasteiger partial charge in [-0.3, -0.25) is 0 Å². The predicted molar refractivity (Wildman–Crippen MR) is 80.9 cm³/mol. The van der Waals surface area contributed by atoms with Gasteiger partial charge < -0.3 is 10.1 Å². The van der Waals surface area contributed by atoms with E-state index in [4.69, 9.17) is 16.3 Å². The first-order chi connectivity index (χ1) is 9.29. The van der Waals surface area contributed by atoms with E-state index in [0.717, 1.165) is 24.7 Å². The number of hydrogen-bond donors (Lipinski definition) is 1. The van der Waals surface area contributed by atoms with Crippen LogP contribution >= 0.6 is 11.6 Å². The van der Waals surface area contributed by atoms with E-state index in [2.05, 4.69) is 17.4 Å². The first-order valence-electron chi connectivity index (χ1n) is 7.18. The van der Waals surface area contributed by atoms with Crippen LogP contribution in [0.3, 0.4) is 0 Å². The van der Waals surface area contributed by atoms with Crippen LogP contribution in [-0.2, 0) is 6.54 Å². The Bertz CT molecular complexity index is 388. The van der Waals surface area contributed by atoms with Crippen molar-refractivity contribution < 1.29 is 4.74 Å². The Kier molecular flexibility index (Phi) is 5.53. The summed E-state index contributed by atoms with van der Waals surface area (Å²) in [5.41, 5.74) is 1.52. The lowest BCUT2D eigenvalue weighted by atomic mass is 9.75. The molecule has 1 aliphatic carbocycles. The normalized spacial score (nSPS) is 18.2. The molecule has 0 bridgehead atoms. The third-order valence-corrected chi connectivity index (χ3v) is 4.77. The molecule has 1 aliphatic rings. The number of nitrogens with one attached hydrogen (secondary N) is 1. The van der Waals surface area contributed by atoms with E-state index < -0.39 is 0 Å². The summed E-state index contributed by atoms with van der Waals surface area (Å²) in [4.78, 5) is 0. The Morgan fingerprint density at radius 1 is 1.21 bits per heavy atom. The van der Waals surface area contributed by atoms with E-state index in [-0.39, 0.29) is 0 Å². The minimum Gasteiger partial charge on any atom is -0.496 e. The molecule has 19 heavy (non-hydrogen) atoms. The highest BCUT2D eigenvalue weighted by atomic mass is 35.5. The van der Waals surface area contributed by atoms with E-state index in [1.54, 1.807) is 7.11 Å². The van der Waals surface area contributed by atoms with E-state index >= 15 is 0 Å². The van der Waals surface area contributed by atoms with Crippen LogP contribution in [0.5, 0.6) is 5.75 Å². The van der Waals surface area contributed by atoms with Gasteiger partial charge in [-0.1, -0.05) is 37.5 Å². The zero-order valence-corrected chi connectivity index (χ0v) is 12.5. The van der Waals surface area contributed by atoms with Crippen LogP contribution in [0.15, 0.2) is 24.3 Å². The Morgan fingerprint density at radius 2 is 1.95 bits per heavy atom. The molecule has 0 unspecified atom stereocenters. The fourth-order valence-corrected chi connectivity index (χ4v) is 3.33. The molecular formula is C16H24ClNO. The Balaban J connectivity index is 1.88. The standard InChI is InChI=1S/C16H24ClNO/c1-19-15-8-4-3-7-14(15)11-18-13-16(12-17)9-5-2-6-10-16/h3-4,7-8,18H,2,5-6,9-13H2,1H3. The van der Waals surface area contributed by atoms with Crippen molar-refractivity contribution in [2.24, 2.45) is 5.41 Å². The molecule has 0 radical (unpaired) electrons. The molecule has 3 heteroatoms. The van der Waals surface area contributed by atoms with Crippen molar-refractivity contribution in [1.29, 1.82) is 0 Å². The highest BCUT2D eigenvalue weighted by Gasteiger charge is 2.30. The average Bonchev–Trinajstić information content (AvgIpc) is 2.49. The summed E-state index contributed by atoms with van der Waals surface area (Å²) in [6, 6.07) is 8.18. The van der Waals surface area contributed by atoms with Gasteiger partial charge in [-0.15, -0.1) is 11.6 Å². The first-order valence-corrected chi connectivity index (χ1v) is 7.72. The zero-order chi connectivity index (χ0) is 13.6. The van der Waals surface area contributed by atoms with Crippen LogP contribution in [0.1, 0.15) is 37.7 Å². The molecule has 1 saturated carbocycles. The number of rotatable bonds is 6. The van der Waals surface area contributed by atoms with Gasteiger partial charge in [0.15, 0.2) is 0 Å². The molecule has 1 aromatic rings. The monoisotopic (exact) mass is 281 g/mol. The summed E-state index contributed by atoms with van der Waals surface area (Å²) in [5.74, 6) is 1.73. The Labute approximate surface area is 121 Å². The minimum atomic E-state index is 0.307. The summed E-state index contributed by atoms with van der Waals surface area (Å²) < 4.78 is 5.37. The third kappa shape index (κ3) is 3.87. The van der Waals surface area contributed by atoms with Crippen LogP contribution in [0.25, 0.3) is 0 Å². The van der Waals surface area contributed by atoms with Crippen molar-refractivity contribution in [1.82, 2.24) is 5.32 Å². The maximum atomic E-state index is 6.21. The molecule has 1 aromatic carbocycles. The lowest BCUT2D eigenvalue weighted by molar-refractivity contribution is 0.212. The average molecular weight is 282 g/mol. The maximum Gasteiger partial charge on any atom is 0.123 e. The van der Waals surface area contributed by atoms with Crippen LogP contribution in [0, 0.1) is 5.41 Å². The summed E-state index contributed by atoms with van der Waals surface area (Å²) in [5, 5.41) is 3.57. The number of halogens is 1. The molecule has 1 fully saturated rings. The maximum absolute atomic E-state index is 6.21. The van der Waals surface area contributed by atoms with Gasteiger partial charge in [0.1, 0.15) is 5.75 Å². The summed E-state index contributed by atoms with van der Waals surface area (Å²) in [6.07, 6.45) is 6.53. The summed E-state index contributed by atoms with van der Waals surface area (Å²) >= 11 is 6.21.